The third kappa shape index (κ3) is 4.97. The molecule has 0 atom stereocenters. The Labute approximate surface area is 252 Å². The van der Waals surface area contributed by atoms with Gasteiger partial charge in [-0.2, -0.15) is 5.26 Å². The van der Waals surface area contributed by atoms with E-state index >= 15 is 0 Å². The zero-order valence-corrected chi connectivity index (χ0v) is 23.5. The molecule has 1 amide bonds. The normalized spacial score (nSPS) is 13.5. The fraction of sp³-hybridized carbons (Fsp3) is 0.108. The summed E-state index contributed by atoms with van der Waals surface area (Å²) in [6.45, 7) is 0.536. The molecule has 44 heavy (non-hydrogen) atoms. The molecule has 0 unspecified atom stereocenters. The third-order valence-corrected chi connectivity index (χ3v) is 8.42. The van der Waals surface area contributed by atoms with E-state index in [0.29, 0.717) is 23.2 Å². The molecule has 6 nitrogen and oxygen atoms in total. The second-order valence-electron chi connectivity index (χ2n) is 11.3. The number of carboxylic acid groups (broad SMARTS) is 1. The summed E-state index contributed by atoms with van der Waals surface area (Å²) in [7, 11) is 0. The number of carbonyl (C=O) groups is 2. The van der Waals surface area contributed by atoms with Crippen LogP contribution in [0.1, 0.15) is 50.2 Å². The number of rotatable bonds is 7. The Kier molecular flexibility index (Phi) is 6.48. The summed E-state index contributed by atoms with van der Waals surface area (Å²) in [6.07, 6.45) is 3.40. The molecule has 0 spiro atoms. The predicted molar refractivity (Wildman–Crippen MR) is 167 cm³/mol. The summed E-state index contributed by atoms with van der Waals surface area (Å²) in [4.78, 5) is 25.5. The molecule has 0 bridgehead atoms. The van der Waals surface area contributed by atoms with E-state index in [-0.39, 0.29) is 17.0 Å². The Morgan fingerprint density at radius 2 is 1.61 bits per heavy atom. The molecule has 7 heteroatoms. The smallest absolute Gasteiger partial charge is 0.335 e. The van der Waals surface area contributed by atoms with Crippen molar-refractivity contribution in [3.63, 3.8) is 0 Å². The van der Waals surface area contributed by atoms with E-state index in [2.05, 4.69) is 35.6 Å². The number of amides is 1. The van der Waals surface area contributed by atoms with Crippen molar-refractivity contribution in [2.45, 2.75) is 24.9 Å². The lowest BCUT2D eigenvalue weighted by Crippen LogP contribution is -2.35. The summed E-state index contributed by atoms with van der Waals surface area (Å²) in [5.41, 5.74) is 4.01. The molecule has 0 radical (unpaired) electrons. The molecular weight excluding hydrogens is 553 g/mol. The number of aromatic carboxylic acids is 1. The van der Waals surface area contributed by atoms with Gasteiger partial charge in [-0.1, -0.05) is 48.5 Å². The highest BCUT2D eigenvalue weighted by Crippen LogP contribution is 2.46. The minimum absolute atomic E-state index is 0.184. The second kappa shape index (κ2) is 10.5. The van der Waals surface area contributed by atoms with Gasteiger partial charge in [0.15, 0.2) is 0 Å². The topological polar surface area (TPSA) is 95.1 Å². The lowest BCUT2D eigenvalue weighted by atomic mass is 9.97. The minimum Gasteiger partial charge on any atom is -0.478 e. The van der Waals surface area contributed by atoms with Gasteiger partial charge in [-0.05, 0) is 100 Å². The molecule has 5 aromatic carbocycles. The lowest BCUT2D eigenvalue weighted by Gasteiger charge is -2.20. The monoisotopic (exact) mass is 579 g/mol. The van der Waals surface area contributed by atoms with Gasteiger partial charge in [0.2, 0.25) is 0 Å². The molecule has 6 aromatic rings. The van der Waals surface area contributed by atoms with Crippen LogP contribution in [0.15, 0.2) is 109 Å². The molecule has 7 rings (SSSR count). The van der Waals surface area contributed by atoms with Crippen LogP contribution in [0.4, 0.5) is 4.39 Å². The fourth-order valence-electron chi connectivity index (χ4n) is 6.00. The number of benzene rings is 5. The Bertz CT molecular complexity index is 2150. The van der Waals surface area contributed by atoms with Crippen LogP contribution in [0.5, 0.6) is 0 Å². The van der Waals surface area contributed by atoms with E-state index in [0.717, 1.165) is 45.6 Å². The number of aromatic nitrogens is 1. The van der Waals surface area contributed by atoms with Crippen LogP contribution in [0, 0.1) is 17.1 Å². The summed E-state index contributed by atoms with van der Waals surface area (Å²) < 4.78 is 16.5. The van der Waals surface area contributed by atoms with Crippen LogP contribution in [-0.4, -0.2) is 21.6 Å². The first-order valence-electron chi connectivity index (χ1n) is 14.3. The first-order chi connectivity index (χ1) is 21.3. The average molecular weight is 580 g/mol. The molecule has 1 aliphatic rings. The molecular formula is C37H26FN3O3. The third-order valence-electron chi connectivity index (χ3n) is 8.42. The number of nitrogens with zero attached hydrogens (tertiary/aromatic N) is 2. The molecule has 214 valence electrons. The van der Waals surface area contributed by atoms with E-state index in [1.807, 2.05) is 41.1 Å². The summed E-state index contributed by atoms with van der Waals surface area (Å²) >= 11 is 0. The molecule has 1 saturated carbocycles. The van der Waals surface area contributed by atoms with E-state index in [4.69, 9.17) is 0 Å². The van der Waals surface area contributed by atoms with Gasteiger partial charge in [-0.3, -0.25) is 4.79 Å². The van der Waals surface area contributed by atoms with Crippen molar-refractivity contribution in [1.82, 2.24) is 9.88 Å². The van der Waals surface area contributed by atoms with Crippen LogP contribution in [-0.2, 0) is 12.1 Å². The number of hydrogen-bond acceptors (Lipinski definition) is 3. The van der Waals surface area contributed by atoms with Crippen molar-refractivity contribution in [3.05, 3.63) is 143 Å². The van der Waals surface area contributed by atoms with Gasteiger partial charge in [0.05, 0.1) is 33.8 Å². The maximum atomic E-state index is 14.5. The lowest BCUT2D eigenvalue weighted by molar-refractivity contribution is 0.0696. The van der Waals surface area contributed by atoms with Crippen molar-refractivity contribution in [1.29, 1.82) is 5.26 Å². The van der Waals surface area contributed by atoms with Crippen LogP contribution < -0.4 is 5.32 Å². The van der Waals surface area contributed by atoms with Crippen molar-refractivity contribution in [2.24, 2.45) is 0 Å². The second-order valence-corrected chi connectivity index (χ2v) is 11.3. The fourth-order valence-corrected chi connectivity index (χ4v) is 6.00. The van der Waals surface area contributed by atoms with Gasteiger partial charge in [-0.25, -0.2) is 9.18 Å². The van der Waals surface area contributed by atoms with Gasteiger partial charge >= 0.3 is 5.97 Å². The van der Waals surface area contributed by atoms with Crippen LogP contribution >= 0.6 is 0 Å². The SMILES string of the molecule is N#Cc1cc(F)cc(-c2cc(C(=O)NC3(c4ccc(C(=O)O)cc4)CC3)c3c(ccn3Cc3ccc4ccccc4c3)c2)c1. The Morgan fingerprint density at radius 3 is 2.34 bits per heavy atom. The Hall–Kier alpha value is -5.74. The summed E-state index contributed by atoms with van der Waals surface area (Å²) in [5, 5.41) is 25.1. The highest BCUT2D eigenvalue weighted by Gasteiger charge is 2.46. The van der Waals surface area contributed by atoms with Crippen molar-refractivity contribution >= 4 is 33.6 Å². The zero-order chi connectivity index (χ0) is 30.4. The van der Waals surface area contributed by atoms with E-state index in [1.54, 1.807) is 36.4 Å². The molecule has 1 fully saturated rings. The van der Waals surface area contributed by atoms with Gasteiger partial charge in [0.25, 0.3) is 5.91 Å². The quantitative estimate of drug-likeness (QED) is 0.203. The van der Waals surface area contributed by atoms with Crippen molar-refractivity contribution in [3.8, 4) is 17.2 Å². The molecule has 1 aliphatic carbocycles. The highest BCUT2D eigenvalue weighted by atomic mass is 19.1. The largest absolute Gasteiger partial charge is 0.478 e. The first-order valence-corrected chi connectivity index (χ1v) is 14.3. The number of halogens is 1. The van der Waals surface area contributed by atoms with E-state index in [1.165, 1.54) is 12.1 Å². The van der Waals surface area contributed by atoms with Crippen LogP contribution in [0.3, 0.4) is 0 Å². The Balaban J connectivity index is 1.32. The van der Waals surface area contributed by atoms with Gasteiger partial charge in [0, 0.05) is 18.1 Å². The van der Waals surface area contributed by atoms with Crippen LogP contribution in [0.25, 0.3) is 32.8 Å². The standard InChI is InChI=1S/C37H26FN3O3/c38-32-17-24(21-39)16-29(19-32)30-18-28-11-14-41(22-23-5-6-25-3-1-2-4-27(25)15-23)34(28)33(20-30)35(42)40-37(12-13-37)31-9-7-26(8-10-31)36(43)44/h1-11,14-20H,12-13,22H2,(H,40,42)(H,43,44). The zero-order valence-electron chi connectivity index (χ0n) is 23.5. The summed E-state index contributed by atoms with van der Waals surface area (Å²) in [6, 6.07) is 32.9. The number of fused-ring (bicyclic) bond motifs is 2. The number of hydrogen-bond donors (Lipinski definition) is 2. The maximum absolute atomic E-state index is 14.5. The van der Waals surface area contributed by atoms with Gasteiger partial charge < -0.3 is 15.0 Å². The number of nitriles is 1. The predicted octanol–water partition coefficient (Wildman–Crippen LogP) is 7.64. The number of carboxylic acids is 1. The molecule has 2 N–H and O–H groups in total. The number of nitrogens with one attached hydrogen (secondary N) is 1. The Morgan fingerprint density at radius 1 is 0.864 bits per heavy atom. The maximum Gasteiger partial charge on any atom is 0.335 e. The van der Waals surface area contributed by atoms with Crippen molar-refractivity contribution in [2.75, 3.05) is 0 Å². The first kappa shape index (κ1) is 27.1. The van der Waals surface area contributed by atoms with Crippen LogP contribution in [0.2, 0.25) is 0 Å². The van der Waals surface area contributed by atoms with Gasteiger partial charge in [0.1, 0.15) is 5.82 Å². The van der Waals surface area contributed by atoms with Gasteiger partial charge in [-0.15, -0.1) is 0 Å². The number of carbonyl (C=O) groups excluding carboxylic acids is 1. The molecule has 0 saturated heterocycles. The van der Waals surface area contributed by atoms with E-state index in [9.17, 15) is 24.3 Å². The minimum atomic E-state index is -1.01. The highest BCUT2D eigenvalue weighted by molar-refractivity contribution is 6.08. The average Bonchev–Trinajstić information content (AvgIpc) is 3.71. The summed E-state index contributed by atoms with van der Waals surface area (Å²) in [5.74, 6) is -1.82. The van der Waals surface area contributed by atoms with Crippen molar-refractivity contribution < 1.29 is 19.1 Å². The molecule has 1 heterocycles. The molecule has 0 aliphatic heterocycles. The van der Waals surface area contributed by atoms with E-state index < -0.39 is 17.3 Å². The molecule has 1 aromatic heterocycles.